The monoisotopic (exact) mass is 665 g/mol. The maximum absolute atomic E-state index is 10.9. The average molecular weight is 666 g/mol. The standard InChI is InChI=1S/C21H41N7O11.H2O4S/c1-5-6(3-29)16(38-18-10(26-2)14(34)11(31)7(4-30)37-18)19(36-5)39-17-9(28-21(24)25)12(32)8(27-20(22)23)13(33)15(17)35;1-5(2,3)4/h5-19,26,29-35H,3-4H2,1-2H3,(H4,22,23,27)(H4,24,25,28);(H2,1,2,3,4). The molecule has 3 aliphatic rings. The van der Waals surface area contributed by atoms with Gasteiger partial charge < -0.3 is 82.9 Å². The minimum Gasteiger partial charge on any atom is -0.396 e. The number of hydrogen-bond acceptors (Lipinski definition) is 16. The van der Waals surface area contributed by atoms with Gasteiger partial charge in [-0.1, -0.05) is 0 Å². The number of aliphatic hydroxyl groups excluding tert-OH is 7. The molecule has 1 aliphatic carbocycles. The lowest BCUT2D eigenvalue weighted by atomic mass is 9.81. The van der Waals surface area contributed by atoms with E-state index < -0.39 is 127 Å². The normalized spacial score (nSPS) is 42.6. The summed E-state index contributed by atoms with van der Waals surface area (Å²) in [6.07, 6.45) is -14.9. The van der Waals surface area contributed by atoms with Gasteiger partial charge in [0.05, 0.1) is 25.4 Å². The van der Waals surface area contributed by atoms with Crippen LogP contribution in [0.2, 0.25) is 0 Å². The number of likely N-dealkylation sites (N-methyl/N-ethyl adjacent to an activating group) is 1. The molecule has 258 valence electrons. The van der Waals surface area contributed by atoms with E-state index >= 15 is 0 Å². The van der Waals surface area contributed by atoms with E-state index in [4.69, 9.17) is 59.4 Å². The highest BCUT2D eigenvalue weighted by Gasteiger charge is 2.55. The third-order valence-electron chi connectivity index (χ3n) is 7.32. The summed E-state index contributed by atoms with van der Waals surface area (Å²) in [7, 11) is -3.17. The molecule has 23 heteroatoms. The maximum atomic E-state index is 10.9. The number of nitrogens with two attached hydrogens (primary N) is 4. The van der Waals surface area contributed by atoms with Gasteiger partial charge in [0.15, 0.2) is 24.5 Å². The minimum absolute atomic E-state index is 0.431. The van der Waals surface area contributed by atoms with Crippen LogP contribution in [0.3, 0.4) is 0 Å². The fourth-order valence-electron chi connectivity index (χ4n) is 5.21. The Hall–Kier alpha value is -2.07. The molecule has 44 heavy (non-hydrogen) atoms. The molecule has 0 aromatic carbocycles. The van der Waals surface area contributed by atoms with Crippen molar-refractivity contribution < 1.29 is 72.2 Å². The number of nitrogens with one attached hydrogen (secondary N) is 1. The Morgan fingerprint density at radius 1 is 0.773 bits per heavy atom. The molecule has 15 atom stereocenters. The average Bonchev–Trinajstić information content (AvgIpc) is 3.21. The Balaban J connectivity index is 0.00000125. The summed E-state index contributed by atoms with van der Waals surface area (Å²) in [5.74, 6) is -1.63. The first kappa shape index (κ1) is 38.1. The van der Waals surface area contributed by atoms with Crippen molar-refractivity contribution in [3.8, 4) is 0 Å². The molecular formula is C21H43N7O15S. The highest BCUT2D eigenvalue weighted by molar-refractivity contribution is 7.79. The first-order valence-electron chi connectivity index (χ1n) is 13.1. The van der Waals surface area contributed by atoms with Crippen LogP contribution in [0, 0.1) is 5.92 Å². The number of hydrogen-bond donors (Lipinski definition) is 14. The van der Waals surface area contributed by atoms with Crippen molar-refractivity contribution in [2.75, 3.05) is 20.3 Å². The summed E-state index contributed by atoms with van der Waals surface area (Å²) in [6, 6.07) is -3.73. The van der Waals surface area contributed by atoms with Gasteiger partial charge in [-0.15, -0.1) is 0 Å². The number of rotatable bonds is 9. The first-order chi connectivity index (χ1) is 20.4. The highest BCUT2D eigenvalue weighted by Crippen LogP contribution is 2.37. The van der Waals surface area contributed by atoms with Crippen LogP contribution < -0.4 is 28.3 Å². The lowest BCUT2D eigenvalue weighted by Crippen LogP contribution is -2.65. The molecule has 18 N–H and O–H groups in total. The van der Waals surface area contributed by atoms with E-state index in [0.29, 0.717) is 0 Å². The number of aliphatic hydroxyl groups is 7. The van der Waals surface area contributed by atoms with Gasteiger partial charge >= 0.3 is 10.4 Å². The maximum Gasteiger partial charge on any atom is 0.394 e. The van der Waals surface area contributed by atoms with Crippen LogP contribution in [0.5, 0.6) is 0 Å². The van der Waals surface area contributed by atoms with E-state index in [0.717, 1.165) is 0 Å². The molecule has 22 nitrogen and oxygen atoms in total. The van der Waals surface area contributed by atoms with E-state index in [1.807, 2.05) is 0 Å². The quantitative estimate of drug-likeness (QED) is 0.0617. The molecule has 0 amide bonds. The number of ether oxygens (including phenoxy) is 4. The Labute approximate surface area is 251 Å². The molecule has 2 heterocycles. The summed E-state index contributed by atoms with van der Waals surface area (Å²) >= 11 is 0. The molecule has 0 aromatic heterocycles. The van der Waals surface area contributed by atoms with Gasteiger partial charge in [0.1, 0.15) is 60.9 Å². The Morgan fingerprint density at radius 3 is 1.77 bits per heavy atom. The third kappa shape index (κ3) is 9.47. The van der Waals surface area contributed by atoms with Gasteiger partial charge in [0, 0.05) is 5.92 Å². The van der Waals surface area contributed by atoms with E-state index in [9.17, 15) is 35.7 Å². The fourth-order valence-corrected chi connectivity index (χ4v) is 5.21. The van der Waals surface area contributed by atoms with Crippen molar-refractivity contribution in [2.24, 2.45) is 38.8 Å². The highest BCUT2D eigenvalue weighted by atomic mass is 32.3. The van der Waals surface area contributed by atoms with Crippen LogP contribution in [-0.2, 0) is 29.3 Å². The molecule has 0 spiro atoms. The molecule has 15 unspecified atom stereocenters. The van der Waals surface area contributed by atoms with Gasteiger partial charge in [-0.05, 0) is 14.0 Å². The zero-order chi connectivity index (χ0) is 33.7. The third-order valence-corrected chi connectivity index (χ3v) is 7.32. The predicted octanol–water partition coefficient (Wildman–Crippen LogP) is -8.14. The predicted molar refractivity (Wildman–Crippen MR) is 147 cm³/mol. The van der Waals surface area contributed by atoms with E-state index in [2.05, 4.69) is 15.3 Å². The second-order valence-corrected chi connectivity index (χ2v) is 11.2. The van der Waals surface area contributed by atoms with Crippen molar-refractivity contribution >= 4 is 22.3 Å². The van der Waals surface area contributed by atoms with Gasteiger partial charge in [0.2, 0.25) is 0 Å². The van der Waals surface area contributed by atoms with Gasteiger partial charge in [0.25, 0.3) is 0 Å². The lowest BCUT2D eigenvalue weighted by Gasteiger charge is -2.45. The van der Waals surface area contributed by atoms with Crippen LogP contribution in [0.1, 0.15) is 6.92 Å². The van der Waals surface area contributed by atoms with Crippen LogP contribution in [0.4, 0.5) is 0 Å². The molecular weight excluding hydrogens is 622 g/mol. The van der Waals surface area contributed by atoms with Crippen molar-refractivity contribution in [1.29, 1.82) is 0 Å². The van der Waals surface area contributed by atoms with E-state index in [1.54, 1.807) is 6.92 Å². The molecule has 3 fully saturated rings. The smallest absolute Gasteiger partial charge is 0.394 e. The summed E-state index contributed by atoms with van der Waals surface area (Å²) < 4.78 is 55.2. The molecule has 2 saturated heterocycles. The van der Waals surface area contributed by atoms with Crippen LogP contribution >= 0.6 is 0 Å². The van der Waals surface area contributed by atoms with E-state index in [1.165, 1.54) is 7.05 Å². The van der Waals surface area contributed by atoms with Gasteiger partial charge in [-0.3, -0.25) is 9.11 Å². The van der Waals surface area contributed by atoms with Crippen LogP contribution in [-0.4, -0.2) is 171 Å². The SMILES string of the molecule is CNC1C(OC2C(OC3C(O)C(O)C(N=C(N)N)C(O)C3N=C(N)N)OC(C)C2CO)OC(CO)C(O)C1O.O=S(=O)(O)O. The Morgan fingerprint density at radius 2 is 1.30 bits per heavy atom. The summed E-state index contributed by atoms with van der Waals surface area (Å²) in [5, 5.41) is 75.7. The zero-order valence-corrected chi connectivity index (χ0v) is 24.5. The number of nitrogens with zero attached hydrogens (tertiary/aromatic N) is 2. The van der Waals surface area contributed by atoms with Crippen LogP contribution in [0.15, 0.2) is 9.98 Å². The Bertz CT molecular complexity index is 1070. The summed E-state index contributed by atoms with van der Waals surface area (Å²) in [6.45, 7) is 0.590. The van der Waals surface area contributed by atoms with Crippen molar-refractivity contribution in [3.63, 3.8) is 0 Å². The molecule has 0 aromatic rings. The molecule has 0 bridgehead atoms. The fraction of sp³-hybridized carbons (Fsp3) is 0.905. The molecule has 1 saturated carbocycles. The topological polar surface area (TPSA) is 394 Å². The first-order valence-corrected chi connectivity index (χ1v) is 14.5. The molecule has 3 rings (SSSR count). The number of aliphatic imine (C=N–C) groups is 2. The van der Waals surface area contributed by atoms with Crippen molar-refractivity contribution in [2.45, 2.75) is 92.6 Å². The van der Waals surface area contributed by atoms with Crippen LogP contribution in [0.25, 0.3) is 0 Å². The number of guanidine groups is 2. The zero-order valence-electron chi connectivity index (χ0n) is 23.7. The Kier molecular flexibility index (Phi) is 13.8. The minimum atomic E-state index is -4.67. The van der Waals surface area contributed by atoms with Gasteiger partial charge in [-0.2, -0.15) is 8.42 Å². The van der Waals surface area contributed by atoms with Crippen molar-refractivity contribution in [1.82, 2.24) is 5.32 Å². The largest absolute Gasteiger partial charge is 0.396 e. The summed E-state index contributed by atoms with van der Waals surface area (Å²) in [5.41, 5.74) is 21.9. The second kappa shape index (κ2) is 16.0. The molecule has 0 radical (unpaired) electrons. The lowest BCUT2D eigenvalue weighted by molar-refractivity contribution is -0.310. The van der Waals surface area contributed by atoms with Gasteiger partial charge in [-0.25, -0.2) is 9.98 Å². The summed E-state index contributed by atoms with van der Waals surface area (Å²) in [4.78, 5) is 7.73. The second-order valence-electron chi connectivity index (χ2n) is 10.3. The van der Waals surface area contributed by atoms with E-state index in [-0.39, 0.29) is 0 Å². The molecule has 2 aliphatic heterocycles. The van der Waals surface area contributed by atoms with Crippen molar-refractivity contribution in [3.05, 3.63) is 0 Å².